The molecular formula is C20H18BrNO2S. The summed E-state index contributed by atoms with van der Waals surface area (Å²) < 4.78 is 29.0. The molecule has 0 aromatic heterocycles. The van der Waals surface area contributed by atoms with Gasteiger partial charge >= 0.3 is 0 Å². The Balaban J connectivity index is 2.12. The highest BCUT2D eigenvalue weighted by Gasteiger charge is 2.27. The molecule has 0 spiro atoms. The van der Waals surface area contributed by atoms with Crippen LogP contribution in [0.4, 0.5) is 5.69 Å². The molecule has 25 heavy (non-hydrogen) atoms. The fraction of sp³-hybridized carbons (Fsp3) is 0.100. The molecule has 3 rings (SSSR count). The lowest BCUT2D eigenvalue weighted by Crippen LogP contribution is -2.31. The number of sulfonamides is 1. The molecule has 0 radical (unpaired) electrons. The van der Waals surface area contributed by atoms with Gasteiger partial charge in [0.25, 0.3) is 10.0 Å². The SMILES string of the molecule is Cc1ccc(Br)cc1S(=O)(=O)N(Cc1ccccc1)c1ccccc1. The van der Waals surface area contributed by atoms with Crippen LogP contribution in [0.3, 0.4) is 0 Å². The van der Waals surface area contributed by atoms with Crippen molar-refractivity contribution in [1.29, 1.82) is 0 Å². The van der Waals surface area contributed by atoms with Crippen molar-refractivity contribution in [2.45, 2.75) is 18.4 Å². The third kappa shape index (κ3) is 3.94. The number of hydrogen-bond donors (Lipinski definition) is 0. The van der Waals surface area contributed by atoms with E-state index in [0.29, 0.717) is 10.6 Å². The second-order valence-electron chi connectivity index (χ2n) is 5.74. The summed E-state index contributed by atoms with van der Waals surface area (Å²) >= 11 is 3.38. The molecule has 128 valence electrons. The number of hydrogen-bond acceptors (Lipinski definition) is 2. The van der Waals surface area contributed by atoms with E-state index in [2.05, 4.69) is 15.9 Å². The quantitative estimate of drug-likeness (QED) is 0.577. The first kappa shape index (κ1) is 17.7. The lowest BCUT2D eigenvalue weighted by molar-refractivity contribution is 0.589. The van der Waals surface area contributed by atoms with E-state index in [0.717, 1.165) is 15.6 Å². The van der Waals surface area contributed by atoms with Crippen LogP contribution in [0.15, 0.2) is 88.2 Å². The maximum atomic E-state index is 13.4. The molecule has 3 aromatic rings. The Morgan fingerprint density at radius 2 is 1.48 bits per heavy atom. The lowest BCUT2D eigenvalue weighted by atomic mass is 10.2. The van der Waals surface area contributed by atoms with Crippen molar-refractivity contribution in [3.05, 3.63) is 94.5 Å². The van der Waals surface area contributed by atoms with Gasteiger partial charge in [0, 0.05) is 4.47 Å². The Kier molecular flexibility index (Phi) is 5.25. The summed E-state index contributed by atoms with van der Waals surface area (Å²) in [4.78, 5) is 0.307. The molecule has 0 amide bonds. The van der Waals surface area contributed by atoms with Gasteiger partial charge in [-0.25, -0.2) is 8.42 Å². The summed E-state index contributed by atoms with van der Waals surface area (Å²) in [5.74, 6) is 0. The van der Waals surface area contributed by atoms with E-state index in [-0.39, 0.29) is 6.54 Å². The van der Waals surface area contributed by atoms with E-state index in [4.69, 9.17) is 0 Å². The second kappa shape index (κ2) is 7.42. The van der Waals surface area contributed by atoms with Gasteiger partial charge in [-0.15, -0.1) is 0 Å². The zero-order valence-electron chi connectivity index (χ0n) is 13.8. The lowest BCUT2D eigenvalue weighted by Gasteiger charge is -2.25. The van der Waals surface area contributed by atoms with Crippen molar-refractivity contribution < 1.29 is 8.42 Å². The minimum atomic E-state index is -3.70. The van der Waals surface area contributed by atoms with Gasteiger partial charge in [0.15, 0.2) is 0 Å². The van der Waals surface area contributed by atoms with Crippen LogP contribution in [0.5, 0.6) is 0 Å². The van der Waals surface area contributed by atoms with Gasteiger partial charge in [0.05, 0.1) is 17.1 Å². The van der Waals surface area contributed by atoms with Crippen LogP contribution in [0, 0.1) is 6.92 Å². The van der Waals surface area contributed by atoms with Crippen LogP contribution in [0.1, 0.15) is 11.1 Å². The van der Waals surface area contributed by atoms with Crippen LogP contribution in [-0.4, -0.2) is 8.42 Å². The summed E-state index contributed by atoms with van der Waals surface area (Å²) in [6.45, 7) is 2.09. The molecule has 0 N–H and O–H groups in total. The largest absolute Gasteiger partial charge is 0.264 e. The first-order valence-electron chi connectivity index (χ1n) is 7.86. The molecule has 0 atom stereocenters. The molecule has 0 saturated carbocycles. The van der Waals surface area contributed by atoms with E-state index in [1.165, 1.54) is 4.31 Å². The average Bonchev–Trinajstić information content (AvgIpc) is 2.63. The molecular weight excluding hydrogens is 398 g/mol. The highest BCUT2D eigenvalue weighted by atomic mass is 79.9. The van der Waals surface area contributed by atoms with Crippen LogP contribution in [0.2, 0.25) is 0 Å². The standard InChI is InChI=1S/C20H18BrNO2S/c1-16-12-13-18(21)14-20(16)25(23,24)22(19-10-6-3-7-11-19)15-17-8-4-2-5-9-17/h2-14H,15H2,1H3. The maximum Gasteiger partial charge on any atom is 0.264 e. The molecule has 0 aliphatic heterocycles. The highest BCUT2D eigenvalue weighted by molar-refractivity contribution is 9.10. The molecule has 0 heterocycles. The smallest absolute Gasteiger partial charge is 0.262 e. The molecule has 0 unspecified atom stereocenters. The fourth-order valence-electron chi connectivity index (χ4n) is 2.63. The second-order valence-corrected chi connectivity index (χ2v) is 8.49. The van der Waals surface area contributed by atoms with Crippen LogP contribution in [-0.2, 0) is 16.6 Å². The summed E-state index contributed by atoms with van der Waals surface area (Å²) in [5.41, 5.74) is 2.30. The van der Waals surface area contributed by atoms with Crippen molar-refractivity contribution in [2.24, 2.45) is 0 Å². The minimum absolute atomic E-state index is 0.277. The number of nitrogens with zero attached hydrogens (tertiary/aromatic N) is 1. The van der Waals surface area contributed by atoms with E-state index in [1.807, 2.05) is 79.7 Å². The van der Waals surface area contributed by atoms with E-state index in [1.54, 1.807) is 6.07 Å². The Labute approximate surface area is 157 Å². The van der Waals surface area contributed by atoms with Gasteiger partial charge in [-0.3, -0.25) is 4.31 Å². The van der Waals surface area contributed by atoms with Gasteiger partial charge in [-0.1, -0.05) is 70.5 Å². The number of para-hydroxylation sites is 1. The number of anilines is 1. The molecule has 3 aromatic carbocycles. The fourth-order valence-corrected chi connectivity index (χ4v) is 4.85. The molecule has 0 aliphatic rings. The number of rotatable bonds is 5. The van der Waals surface area contributed by atoms with E-state index < -0.39 is 10.0 Å². The number of benzene rings is 3. The summed E-state index contributed by atoms with van der Waals surface area (Å²) in [6, 6.07) is 24.1. The maximum absolute atomic E-state index is 13.4. The van der Waals surface area contributed by atoms with Gasteiger partial charge in [0.2, 0.25) is 0 Å². The topological polar surface area (TPSA) is 37.4 Å². The third-order valence-corrected chi connectivity index (χ3v) is 6.34. The molecule has 0 fully saturated rings. The zero-order chi connectivity index (χ0) is 17.9. The van der Waals surface area contributed by atoms with Crippen LogP contribution >= 0.6 is 15.9 Å². The zero-order valence-corrected chi connectivity index (χ0v) is 16.2. The van der Waals surface area contributed by atoms with E-state index in [9.17, 15) is 8.42 Å². The molecule has 0 saturated heterocycles. The van der Waals surface area contributed by atoms with Crippen molar-refractivity contribution in [2.75, 3.05) is 4.31 Å². The first-order chi connectivity index (χ1) is 12.0. The Morgan fingerprint density at radius 1 is 0.880 bits per heavy atom. The number of halogens is 1. The third-order valence-electron chi connectivity index (χ3n) is 3.93. The van der Waals surface area contributed by atoms with Crippen molar-refractivity contribution in [3.8, 4) is 0 Å². The predicted molar refractivity (Wildman–Crippen MR) is 105 cm³/mol. The van der Waals surface area contributed by atoms with Gasteiger partial charge < -0.3 is 0 Å². The highest BCUT2D eigenvalue weighted by Crippen LogP contribution is 2.29. The van der Waals surface area contributed by atoms with Crippen molar-refractivity contribution >= 4 is 31.6 Å². The molecule has 5 heteroatoms. The summed E-state index contributed by atoms with van der Waals surface area (Å²) in [5, 5.41) is 0. The molecule has 3 nitrogen and oxygen atoms in total. The van der Waals surface area contributed by atoms with Crippen molar-refractivity contribution in [1.82, 2.24) is 0 Å². The minimum Gasteiger partial charge on any atom is -0.262 e. The van der Waals surface area contributed by atoms with Gasteiger partial charge in [-0.05, 0) is 42.3 Å². The Hall–Kier alpha value is -2.11. The van der Waals surface area contributed by atoms with E-state index >= 15 is 0 Å². The number of aryl methyl sites for hydroxylation is 1. The van der Waals surface area contributed by atoms with Crippen molar-refractivity contribution in [3.63, 3.8) is 0 Å². The summed E-state index contributed by atoms with van der Waals surface area (Å²) in [6.07, 6.45) is 0. The average molecular weight is 416 g/mol. The Morgan fingerprint density at radius 3 is 2.12 bits per heavy atom. The normalized spacial score (nSPS) is 11.3. The molecule has 0 aliphatic carbocycles. The van der Waals surface area contributed by atoms with Gasteiger partial charge in [-0.2, -0.15) is 0 Å². The Bertz CT molecular complexity index is 958. The van der Waals surface area contributed by atoms with Gasteiger partial charge in [0.1, 0.15) is 0 Å². The predicted octanol–water partition coefficient (Wildman–Crippen LogP) is 5.15. The van der Waals surface area contributed by atoms with Crippen LogP contribution in [0.25, 0.3) is 0 Å². The monoisotopic (exact) mass is 415 g/mol. The molecule has 0 bridgehead atoms. The first-order valence-corrected chi connectivity index (χ1v) is 10.1. The van der Waals surface area contributed by atoms with Crippen LogP contribution < -0.4 is 4.31 Å². The summed E-state index contributed by atoms with van der Waals surface area (Å²) in [7, 11) is -3.70.